The molecular weight excluding hydrogens is 516 g/mol. The van der Waals surface area contributed by atoms with E-state index in [2.05, 4.69) is 52.5 Å². The number of aromatic nitrogens is 2. The van der Waals surface area contributed by atoms with Gasteiger partial charge in [0.25, 0.3) is 0 Å². The number of piperidine rings is 2. The second kappa shape index (κ2) is 12.3. The predicted octanol–water partition coefficient (Wildman–Crippen LogP) is 5.78. The molecule has 1 aromatic carbocycles. The van der Waals surface area contributed by atoms with Gasteiger partial charge in [-0.3, -0.25) is 0 Å². The van der Waals surface area contributed by atoms with Crippen LogP contribution in [0.15, 0.2) is 30.3 Å². The summed E-state index contributed by atoms with van der Waals surface area (Å²) in [6, 6.07) is 10.8. The fourth-order valence-electron chi connectivity index (χ4n) is 6.15. The molecule has 0 amide bonds. The van der Waals surface area contributed by atoms with E-state index in [1.807, 2.05) is 12.1 Å². The molecule has 3 aliphatic rings. The van der Waals surface area contributed by atoms with Gasteiger partial charge in [-0.05, 0) is 87.7 Å². The summed E-state index contributed by atoms with van der Waals surface area (Å²) in [6.45, 7) is 9.90. The van der Waals surface area contributed by atoms with Crippen molar-refractivity contribution in [1.29, 1.82) is 0 Å². The van der Waals surface area contributed by atoms with Gasteiger partial charge < -0.3 is 25.2 Å². The average molecular weight is 557 g/mol. The maximum absolute atomic E-state index is 6.18. The van der Waals surface area contributed by atoms with Crippen molar-refractivity contribution in [3.8, 4) is 0 Å². The summed E-state index contributed by atoms with van der Waals surface area (Å²) in [5, 5.41) is 8.13. The Morgan fingerprint density at radius 1 is 1.05 bits per heavy atom. The zero-order chi connectivity index (χ0) is 26.5. The summed E-state index contributed by atoms with van der Waals surface area (Å²) in [7, 11) is 0. The van der Waals surface area contributed by atoms with E-state index in [4.69, 9.17) is 38.5 Å². The van der Waals surface area contributed by atoms with Gasteiger partial charge in [-0.2, -0.15) is 9.97 Å². The first kappa shape index (κ1) is 27.4. The molecule has 0 radical (unpaired) electrons. The number of halogens is 1. The Morgan fingerprint density at radius 2 is 1.82 bits per heavy atom. The van der Waals surface area contributed by atoms with E-state index in [9.17, 15) is 0 Å². The van der Waals surface area contributed by atoms with Crippen LogP contribution in [0.4, 0.5) is 17.6 Å². The minimum atomic E-state index is -0.0599. The lowest BCUT2D eigenvalue weighted by molar-refractivity contribution is 0.0515. The SMILES string of the molecule is CC1CCCN(c2cc(N3CCCCC3C)nc(NC(=S)NCC3(c4ccc(Cl)cc4)CCOCC3)n2)C1. The lowest BCUT2D eigenvalue weighted by atomic mass is 9.74. The molecule has 0 spiro atoms. The highest BCUT2D eigenvalue weighted by Crippen LogP contribution is 2.35. The molecule has 3 aliphatic heterocycles. The molecule has 9 heteroatoms. The van der Waals surface area contributed by atoms with E-state index >= 15 is 0 Å². The van der Waals surface area contributed by atoms with Crippen LogP contribution in [0.2, 0.25) is 5.02 Å². The summed E-state index contributed by atoms with van der Waals surface area (Å²) in [5.41, 5.74) is 1.20. The van der Waals surface area contributed by atoms with Crippen LogP contribution in [-0.4, -0.2) is 60.5 Å². The van der Waals surface area contributed by atoms with Crippen molar-refractivity contribution in [2.24, 2.45) is 5.92 Å². The Labute approximate surface area is 237 Å². The molecule has 4 heterocycles. The molecule has 0 aliphatic carbocycles. The van der Waals surface area contributed by atoms with Crippen LogP contribution in [0.3, 0.4) is 0 Å². The van der Waals surface area contributed by atoms with Crippen LogP contribution in [0, 0.1) is 5.92 Å². The largest absolute Gasteiger partial charge is 0.381 e. The Balaban J connectivity index is 1.34. The number of nitrogens with zero attached hydrogens (tertiary/aromatic N) is 4. The van der Waals surface area contributed by atoms with Crippen molar-refractivity contribution in [2.75, 3.05) is 54.5 Å². The van der Waals surface area contributed by atoms with Crippen molar-refractivity contribution in [3.05, 3.63) is 40.9 Å². The molecular formula is C29H41ClN6OS. The van der Waals surface area contributed by atoms with E-state index in [0.29, 0.717) is 29.6 Å². The van der Waals surface area contributed by atoms with Gasteiger partial charge >= 0.3 is 0 Å². The maximum Gasteiger partial charge on any atom is 0.232 e. The minimum absolute atomic E-state index is 0.0599. The van der Waals surface area contributed by atoms with Crippen molar-refractivity contribution < 1.29 is 4.74 Å². The summed E-state index contributed by atoms with van der Waals surface area (Å²) in [4.78, 5) is 14.7. The zero-order valence-corrected chi connectivity index (χ0v) is 24.3. The van der Waals surface area contributed by atoms with Crippen molar-refractivity contribution in [2.45, 2.75) is 70.3 Å². The lowest BCUT2D eigenvalue weighted by Gasteiger charge is -2.38. The molecule has 3 saturated heterocycles. The summed E-state index contributed by atoms with van der Waals surface area (Å²) >= 11 is 12.0. The Hall–Kier alpha value is -2.16. The molecule has 2 atom stereocenters. The van der Waals surface area contributed by atoms with Gasteiger partial charge in [0.15, 0.2) is 5.11 Å². The predicted molar refractivity (Wildman–Crippen MR) is 161 cm³/mol. The van der Waals surface area contributed by atoms with Crippen molar-refractivity contribution >= 4 is 46.5 Å². The summed E-state index contributed by atoms with van der Waals surface area (Å²) < 4.78 is 5.70. The third-order valence-electron chi connectivity index (χ3n) is 8.50. The number of ether oxygens (including phenoxy) is 1. The Bertz CT molecular complexity index is 1090. The van der Waals surface area contributed by atoms with E-state index in [-0.39, 0.29) is 5.41 Å². The highest BCUT2D eigenvalue weighted by molar-refractivity contribution is 7.80. The normalized spacial score (nSPS) is 23.7. The number of rotatable bonds is 6. The highest BCUT2D eigenvalue weighted by atomic mass is 35.5. The average Bonchev–Trinajstić information content (AvgIpc) is 2.93. The molecule has 0 bridgehead atoms. The van der Waals surface area contributed by atoms with Crippen molar-refractivity contribution in [1.82, 2.24) is 15.3 Å². The molecule has 206 valence electrons. The van der Waals surface area contributed by atoms with Gasteiger partial charge in [-0.15, -0.1) is 0 Å². The maximum atomic E-state index is 6.18. The monoisotopic (exact) mass is 556 g/mol. The first-order valence-corrected chi connectivity index (χ1v) is 15.0. The lowest BCUT2D eigenvalue weighted by Crippen LogP contribution is -2.45. The fraction of sp³-hybridized carbons (Fsp3) is 0.621. The first-order chi connectivity index (χ1) is 18.4. The molecule has 5 rings (SSSR count). The van der Waals surface area contributed by atoms with Gasteiger partial charge in [-0.25, -0.2) is 0 Å². The summed E-state index contributed by atoms with van der Waals surface area (Å²) in [6.07, 6.45) is 8.00. The van der Waals surface area contributed by atoms with E-state index < -0.39 is 0 Å². The number of nitrogens with one attached hydrogen (secondary N) is 2. The first-order valence-electron chi connectivity index (χ1n) is 14.2. The highest BCUT2D eigenvalue weighted by Gasteiger charge is 2.34. The zero-order valence-electron chi connectivity index (χ0n) is 22.7. The van der Waals surface area contributed by atoms with Crippen LogP contribution >= 0.6 is 23.8 Å². The van der Waals surface area contributed by atoms with Gasteiger partial charge in [0.1, 0.15) is 11.6 Å². The molecule has 2 N–H and O–H groups in total. The molecule has 7 nitrogen and oxygen atoms in total. The van der Waals surface area contributed by atoms with E-state index in [1.165, 1.54) is 37.7 Å². The molecule has 2 unspecified atom stereocenters. The Morgan fingerprint density at radius 3 is 2.55 bits per heavy atom. The molecule has 2 aromatic rings. The molecule has 1 aromatic heterocycles. The molecule has 38 heavy (non-hydrogen) atoms. The standard InChI is InChI=1S/C29H41ClN6OS/c1-21-6-5-14-35(19-21)25-18-26(36-15-4-3-7-22(36)2)33-27(32-25)34-28(38)31-20-29(12-16-37-17-13-29)23-8-10-24(30)11-9-23/h8-11,18,21-22H,3-7,12-17,19-20H2,1-2H3,(H2,31,32,33,34,38). The van der Waals surface area contributed by atoms with Crippen molar-refractivity contribution in [3.63, 3.8) is 0 Å². The fourth-order valence-corrected chi connectivity index (χ4v) is 6.44. The summed E-state index contributed by atoms with van der Waals surface area (Å²) in [5.74, 6) is 3.22. The third kappa shape index (κ3) is 6.52. The van der Waals surface area contributed by atoms with E-state index in [1.54, 1.807) is 0 Å². The van der Waals surface area contributed by atoms with Crippen LogP contribution in [0.25, 0.3) is 0 Å². The van der Waals surface area contributed by atoms with Crippen LogP contribution in [-0.2, 0) is 10.2 Å². The number of thiocarbonyl (C=S) groups is 1. The van der Waals surface area contributed by atoms with Gasteiger partial charge in [0, 0.05) is 61.9 Å². The van der Waals surface area contributed by atoms with Gasteiger partial charge in [-0.1, -0.05) is 30.7 Å². The second-order valence-electron chi connectivity index (χ2n) is 11.3. The number of hydrogen-bond donors (Lipinski definition) is 2. The third-order valence-corrected chi connectivity index (χ3v) is 8.99. The molecule has 3 fully saturated rings. The Kier molecular flexibility index (Phi) is 8.91. The van der Waals surface area contributed by atoms with E-state index in [0.717, 1.165) is 62.3 Å². The minimum Gasteiger partial charge on any atom is -0.381 e. The molecule has 0 saturated carbocycles. The number of benzene rings is 1. The van der Waals surface area contributed by atoms with Gasteiger partial charge in [0.2, 0.25) is 5.95 Å². The smallest absolute Gasteiger partial charge is 0.232 e. The van der Waals surface area contributed by atoms with Crippen LogP contribution in [0.1, 0.15) is 64.4 Å². The van der Waals surface area contributed by atoms with Crippen LogP contribution in [0.5, 0.6) is 0 Å². The topological polar surface area (TPSA) is 65.5 Å². The second-order valence-corrected chi connectivity index (χ2v) is 12.2. The quantitative estimate of drug-likeness (QED) is 0.434. The van der Waals surface area contributed by atoms with Crippen LogP contribution < -0.4 is 20.4 Å². The number of hydrogen-bond acceptors (Lipinski definition) is 6. The van der Waals surface area contributed by atoms with Gasteiger partial charge in [0.05, 0.1) is 0 Å². The number of anilines is 3.